The van der Waals surface area contributed by atoms with Crippen molar-refractivity contribution < 1.29 is 24.6 Å². The fraction of sp³-hybridized carbons (Fsp3) is 0.308. The number of hydrogen-bond acceptors (Lipinski definition) is 3. The first-order valence-corrected chi connectivity index (χ1v) is 5.96. The lowest BCUT2D eigenvalue weighted by molar-refractivity contribution is 0.0696. The number of aromatic carboxylic acids is 2. The van der Waals surface area contributed by atoms with Crippen LogP contribution in [0, 0.1) is 5.92 Å². The molecule has 0 saturated heterocycles. The largest absolute Gasteiger partial charge is 0.478 e. The van der Waals surface area contributed by atoms with E-state index in [4.69, 9.17) is 10.2 Å². The Morgan fingerprint density at radius 2 is 1.55 bits per heavy atom. The molecule has 0 aromatic heterocycles. The van der Waals surface area contributed by atoms with E-state index in [1.165, 1.54) is 12.1 Å². The molecular weight excluding hydrogens is 264 g/mol. The highest BCUT2D eigenvalue weighted by Crippen LogP contribution is 2.15. The van der Waals surface area contributed by atoms with Gasteiger partial charge in [0, 0.05) is 12.2 Å². The van der Waals surface area contributed by atoms with Gasteiger partial charge in [-0.3, -0.25) is 0 Å². The van der Waals surface area contributed by atoms with E-state index >= 15 is 0 Å². The first-order chi connectivity index (χ1) is 9.29. The minimum atomic E-state index is -1.27. The summed E-state index contributed by atoms with van der Waals surface area (Å²) in [5.41, 5.74) is -0.295. The monoisotopic (exact) mass is 280 g/mol. The predicted octanol–water partition coefficient (Wildman–Crippen LogP) is 1.86. The number of nitrogens with one attached hydrogen (secondary N) is 2. The summed E-state index contributed by atoms with van der Waals surface area (Å²) >= 11 is 0. The van der Waals surface area contributed by atoms with Crippen LogP contribution in [0.5, 0.6) is 0 Å². The summed E-state index contributed by atoms with van der Waals surface area (Å²) in [6, 6.07) is 2.91. The molecule has 0 aliphatic heterocycles. The maximum absolute atomic E-state index is 11.6. The van der Waals surface area contributed by atoms with Crippen molar-refractivity contribution in [3.05, 3.63) is 29.3 Å². The van der Waals surface area contributed by atoms with Crippen molar-refractivity contribution in [2.45, 2.75) is 13.8 Å². The Bertz CT molecular complexity index is 507. The zero-order chi connectivity index (χ0) is 15.3. The molecule has 0 fully saturated rings. The molecule has 0 heterocycles. The number of carbonyl (C=O) groups excluding carboxylic acids is 1. The van der Waals surface area contributed by atoms with Crippen molar-refractivity contribution in [2.75, 3.05) is 11.9 Å². The molecule has 0 radical (unpaired) electrons. The summed E-state index contributed by atoms with van der Waals surface area (Å²) in [5, 5.41) is 22.8. The number of amides is 2. The Morgan fingerprint density at radius 3 is 1.95 bits per heavy atom. The fourth-order valence-corrected chi connectivity index (χ4v) is 1.42. The Hall–Kier alpha value is -2.57. The predicted molar refractivity (Wildman–Crippen MR) is 72.2 cm³/mol. The van der Waals surface area contributed by atoms with Gasteiger partial charge in [-0.25, -0.2) is 14.4 Å². The molecule has 1 aromatic carbocycles. The molecule has 0 aliphatic rings. The van der Waals surface area contributed by atoms with E-state index in [9.17, 15) is 14.4 Å². The molecule has 0 unspecified atom stereocenters. The minimum Gasteiger partial charge on any atom is -0.478 e. The molecule has 1 rings (SSSR count). The summed E-state index contributed by atoms with van der Waals surface area (Å²) in [6.07, 6.45) is 0. The highest BCUT2D eigenvalue weighted by Gasteiger charge is 2.12. The first kappa shape index (κ1) is 15.5. The second kappa shape index (κ2) is 6.55. The quantitative estimate of drug-likeness (QED) is 0.657. The molecule has 4 N–H and O–H groups in total. The summed E-state index contributed by atoms with van der Waals surface area (Å²) in [4.78, 5) is 33.4. The van der Waals surface area contributed by atoms with Gasteiger partial charge in [0.1, 0.15) is 0 Å². The van der Waals surface area contributed by atoms with Gasteiger partial charge in [0.2, 0.25) is 0 Å². The van der Waals surface area contributed by atoms with Gasteiger partial charge in [-0.1, -0.05) is 13.8 Å². The van der Waals surface area contributed by atoms with Crippen LogP contribution < -0.4 is 10.6 Å². The average Bonchev–Trinajstić information content (AvgIpc) is 2.35. The molecular formula is C13H16N2O5. The normalized spacial score (nSPS) is 10.2. The maximum Gasteiger partial charge on any atom is 0.335 e. The second-order valence-electron chi connectivity index (χ2n) is 4.64. The van der Waals surface area contributed by atoms with Gasteiger partial charge >= 0.3 is 18.0 Å². The Kier molecular flexibility index (Phi) is 5.08. The van der Waals surface area contributed by atoms with Gasteiger partial charge in [0.25, 0.3) is 0 Å². The van der Waals surface area contributed by atoms with Crippen LogP contribution in [-0.2, 0) is 0 Å². The van der Waals surface area contributed by atoms with Crippen LogP contribution in [0.2, 0.25) is 0 Å². The number of carboxylic acid groups (broad SMARTS) is 2. The Labute approximate surface area is 115 Å². The van der Waals surface area contributed by atoms with Gasteiger partial charge in [-0.2, -0.15) is 0 Å². The molecule has 108 valence electrons. The van der Waals surface area contributed by atoms with Crippen LogP contribution in [0.3, 0.4) is 0 Å². The van der Waals surface area contributed by atoms with Crippen LogP contribution in [-0.4, -0.2) is 34.7 Å². The van der Waals surface area contributed by atoms with E-state index in [0.717, 1.165) is 6.07 Å². The Morgan fingerprint density at radius 1 is 1.05 bits per heavy atom. The van der Waals surface area contributed by atoms with Crippen molar-refractivity contribution >= 4 is 23.7 Å². The van der Waals surface area contributed by atoms with Gasteiger partial charge < -0.3 is 20.8 Å². The molecule has 0 atom stereocenters. The molecule has 0 spiro atoms. The number of benzene rings is 1. The average molecular weight is 280 g/mol. The minimum absolute atomic E-state index is 0.114. The summed E-state index contributed by atoms with van der Waals surface area (Å²) in [7, 11) is 0. The first-order valence-electron chi connectivity index (χ1n) is 5.96. The molecule has 0 bridgehead atoms. The van der Waals surface area contributed by atoms with Crippen LogP contribution in [0.4, 0.5) is 10.5 Å². The zero-order valence-electron chi connectivity index (χ0n) is 11.1. The fourth-order valence-electron chi connectivity index (χ4n) is 1.42. The van der Waals surface area contributed by atoms with Gasteiger partial charge in [-0.15, -0.1) is 0 Å². The topological polar surface area (TPSA) is 116 Å². The van der Waals surface area contributed by atoms with Crippen molar-refractivity contribution in [2.24, 2.45) is 5.92 Å². The van der Waals surface area contributed by atoms with E-state index in [2.05, 4.69) is 10.6 Å². The third kappa shape index (κ3) is 4.60. The molecule has 2 amide bonds. The van der Waals surface area contributed by atoms with Crippen molar-refractivity contribution in [1.29, 1.82) is 0 Å². The van der Waals surface area contributed by atoms with E-state index in [-0.39, 0.29) is 22.7 Å². The number of hydrogen-bond donors (Lipinski definition) is 4. The summed E-state index contributed by atoms with van der Waals surface area (Å²) < 4.78 is 0. The standard InChI is InChI=1S/C13H16N2O5/c1-7(2)6-14-13(20)15-10-4-8(11(16)17)3-9(5-10)12(18)19/h3-5,7H,6H2,1-2H3,(H,16,17)(H,18,19)(H2,14,15,20). The molecule has 7 nitrogen and oxygen atoms in total. The van der Waals surface area contributed by atoms with E-state index in [0.29, 0.717) is 6.54 Å². The number of anilines is 1. The SMILES string of the molecule is CC(C)CNC(=O)Nc1cc(C(=O)O)cc(C(=O)O)c1. The lowest BCUT2D eigenvalue weighted by atomic mass is 10.1. The van der Waals surface area contributed by atoms with Crippen molar-refractivity contribution in [1.82, 2.24) is 5.32 Å². The zero-order valence-corrected chi connectivity index (χ0v) is 11.1. The van der Waals surface area contributed by atoms with E-state index in [1.807, 2.05) is 13.8 Å². The summed E-state index contributed by atoms with van der Waals surface area (Å²) in [6.45, 7) is 4.30. The lowest BCUT2D eigenvalue weighted by Crippen LogP contribution is -2.31. The number of rotatable bonds is 5. The third-order valence-corrected chi connectivity index (χ3v) is 2.36. The number of carboxylic acids is 2. The van der Waals surface area contributed by atoms with Crippen molar-refractivity contribution in [3.63, 3.8) is 0 Å². The summed E-state index contributed by atoms with van der Waals surface area (Å²) in [5.74, 6) is -2.27. The smallest absolute Gasteiger partial charge is 0.335 e. The maximum atomic E-state index is 11.6. The van der Waals surface area contributed by atoms with Crippen molar-refractivity contribution in [3.8, 4) is 0 Å². The Balaban J connectivity index is 2.91. The molecule has 0 saturated carbocycles. The molecule has 20 heavy (non-hydrogen) atoms. The molecule has 0 aliphatic carbocycles. The van der Waals surface area contributed by atoms with E-state index in [1.54, 1.807) is 0 Å². The van der Waals surface area contributed by atoms with Gasteiger partial charge in [-0.05, 0) is 24.1 Å². The molecule has 1 aromatic rings. The highest BCUT2D eigenvalue weighted by molar-refractivity contribution is 5.98. The second-order valence-corrected chi connectivity index (χ2v) is 4.64. The number of carbonyl (C=O) groups is 3. The third-order valence-electron chi connectivity index (χ3n) is 2.36. The van der Waals surface area contributed by atoms with Gasteiger partial charge in [0.05, 0.1) is 11.1 Å². The van der Waals surface area contributed by atoms with E-state index < -0.39 is 18.0 Å². The van der Waals surface area contributed by atoms with Crippen LogP contribution in [0.25, 0.3) is 0 Å². The lowest BCUT2D eigenvalue weighted by Gasteiger charge is -2.10. The van der Waals surface area contributed by atoms with Crippen LogP contribution in [0.15, 0.2) is 18.2 Å². The van der Waals surface area contributed by atoms with Crippen LogP contribution >= 0.6 is 0 Å². The molecule has 7 heteroatoms. The number of urea groups is 1. The van der Waals surface area contributed by atoms with Crippen LogP contribution in [0.1, 0.15) is 34.6 Å². The van der Waals surface area contributed by atoms with Gasteiger partial charge in [0.15, 0.2) is 0 Å². The highest BCUT2D eigenvalue weighted by atomic mass is 16.4.